The van der Waals surface area contributed by atoms with Crippen LogP contribution in [-0.4, -0.2) is 24.5 Å². The monoisotopic (exact) mass is 270 g/mol. The van der Waals surface area contributed by atoms with Gasteiger partial charge in [0.05, 0.1) is 18.2 Å². The summed E-state index contributed by atoms with van der Waals surface area (Å²) >= 11 is 1.28. The number of carbonyl (C=O) groups is 2. The van der Waals surface area contributed by atoms with Crippen LogP contribution in [0.5, 0.6) is 0 Å². The molecular formula is C12H18N2O3S. The summed E-state index contributed by atoms with van der Waals surface area (Å²) < 4.78 is 4.90. The Balaban J connectivity index is 2.70. The van der Waals surface area contributed by atoms with Crippen molar-refractivity contribution in [2.75, 3.05) is 11.9 Å². The van der Waals surface area contributed by atoms with Crippen molar-refractivity contribution >= 4 is 28.2 Å². The topological polar surface area (TPSA) is 81.4 Å². The third kappa shape index (κ3) is 3.82. The normalized spacial score (nSPS) is 11.9. The highest BCUT2D eigenvalue weighted by Gasteiger charge is 2.18. The zero-order chi connectivity index (χ0) is 13.5. The highest BCUT2D eigenvalue weighted by atomic mass is 32.1. The summed E-state index contributed by atoms with van der Waals surface area (Å²) in [7, 11) is 0. The van der Waals surface area contributed by atoms with Crippen LogP contribution in [-0.2, 0) is 9.53 Å². The first kappa shape index (κ1) is 14.7. The van der Waals surface area contributed by atoms with E-state index in [2.05, 4.69) is 5.32 Å². The summed E-state index contributed by atoms with van der Waals surface area (Å²) in [5.41, 5.74) is 6.08. The molecular weight excluding hydrogens is 252 g/mol. The van der Waals surface area contributed by atoms with Crippen LogP contribution in [0.25, 0.3) is 0 Å². The molecule has 6 heteroatoms. The molecule has 0 fully saturated rings. The predicted molar refractivity (Wildman–Crippen MR) is 71.8 cm³/mol. The number of nitrogens with two attached hydrogens (primary N) is 1. The van der Waals surface area contributed by atoms with E-state index in [1.165, 1.54) is 11.3 Å². The van der Waals surface area contributed by atoms with Crippen LogP contribution >= 0.6 is 11.3 Å². The fraction of sp³-hybridized carbons (Fsp3) is 0.500. The van der Waals surface area contributed by atoms with Gasteiger partial charge in [0.1, 0.15) is 5.00 Å². The van der Waals surface area contributed by atoms with Crippen molar-refractivity contribution in [1.82, 2.24) is 0 Å². The van der Waals surface area contributed by atoms with Gasteiger partial charge in [0.25, 0.3) is 0 Å². The molecule has 100 valence electrons. The quantitative estimate of drug-likeness (QED) is 0.775. The minimum atomic E-state index is -0.549. The molecule has 0 aliphatic heterocycles. The van der Waals surface area contributed by atoms with Gasteiger partial charge in [-0.2, -0.15) is 0 Å². The molecule has 1 atom stereocenters. The molecule has 1 aromatic heterocycles. The first-order valence-electron chi connectivity index (χ1n) is 5.91. The molecule has 3 N–H and O–H groups in total. The number of esters is 1. The second-order valence-corrected chi connectivity index (χ2v) is 4.68. The van der Waals surface area contributed by atoms with E-state index >= 15 is 0 Å². The maximum atomic E-state index is 11.8. The van der Waals surface area contributed by atoms with Crippen molar-refractivity contribution in [2.24, 2.45) is 5.73 Å². The Labute approximate surface area is 110 Å². The molecule has 0 saturated heterocycles. The van der Waals surface area contributed by atoms with Gasteiger partial charge >= 0.3 is 5.97 Å². The van der Waals surface area contributed by atoms with Crippen molar-refractivity contribution < 1.29 is 14.3 Å². The second kappa shape index (κ2) is 7.13. The molecule has 18 heavy (non-hydrogen) atoms. The molecule has 0 radical (unpaired) electrons. The lowest BCUT2D eigenvalue weighted by atomic mass is 10.1. The van der Waals surface area contributed by atoms with E-state index in [4.69, 9.17) is 10.5 Å². The van der Waals surface area contributed by atoms with Gasteiger partial charge in [-0.05, 0) is 24.8 Å². The highest BCUT2D eigenvalue weighted by molar-refractivity contribution is 7.14. The fourth-order valence-corrected chi connectivity index (χ4v) is 2.20. The number of nitrogens with one attached hydrogen (secondary N) is 1. The van der Waals surface area contributed by atoms with E-state index in [1.54, 1.807) is 18.4 Å². The van der Waals surface area contributed by atoms with E-state index in [0.717, 1.165) is 6.42 Å². The molecule has 1 unspecified atom stereocenters. The smallest absolute Gasteiger partial charge is 0.341 e. The first-order valence-corrected chi connectivity index (χ1v) is 6.79. The Bertz CT molecular complexity index is 417. The molecule has 0 aliphatic rings. The van der Waals surface area contributed by atoms with E-state index in [-0.39, 0.29) is 5.91 Å². The van der Waals surface area contributed by atoms with Crippen LogP contribution in [0.4, 0.5) is 5.00 Å². The summed E-state index contributed by atoms with van der Waals surface area (Å²) in [5.74, 6) is -0.706. The summed E-state index contributed by atoms with van der Waals surface area (Å²) in [6, 6.07) is 1.08. The highest BCUT2D eigenvalue weighted by Crippen LogP contribution is 2.24. The molecule has 0 saturated carbocycles. The maximum Gasteiger partial charge on any atom is 0.341 e. The molecule has 0 bridgehead atoms. The molecule has 1 rings (SSSR count). The number of amides is 1. The van der Waals surface area contributed by atoms with Crippen LogP contribution in [0.2, 0.25) is 0 Å². The number of carbonyl (C=O) groups excluding carboxylic acids is 2. The Kier molecular flexibility index (Phi) is 5.80. The average Bonchev–Trinajstić information content (AvgIpc) is 2.77. The minimum absolute atomic E-state index is 0.273. The largest absolute Gasteiger partial charge is 0.462 e. The van der Waals surface area contributed by atoms with Crippen molar-refractivity contribution in [3.8, 4) is 0 Å². The first-order chi connectivity index (χ1) is 8.60. The average molecular weight is 270 g/mol. The Morgan fingerprint density at radius 3 is 2.83 bits per heavy atom. The van der Waals surface area contributed by atoms with Gasteiger partial charge in [-0.3, -0.25) is 4.79 Å². The van der Waals surface area contributed by atoms with E-state index in [0.29, 0.717) is 23.6 Å². The molecule has 1 heterocycles. The van der Waals surface area contributed by atoms with Gasteiger partial charge in [0.15, 0.2) is 0 Å². The van der Waals surface area contributed by atoms with E-state index < -0.39 is 12.0 Å². The number of thiophene rings is 1. The Morgan fingerprint density at radius 2 is 2.22 bits per heavy atom. The van der Waals surface area contributed by atoms with Crippen molar-refractivity contribution in [3.05, 3.63) is 17.0 Å². The van der Waals surface area contributed by atoms with Crippen LogP contribution in [0.1, 0.15) is 37.0 Å². The summed E-state index contributed by atoms with van der Waals surface area (Å²) in [6.45, 7) is 4.00. The standard InChI is InChI=1S/C12H18N2O3S/c1-3-5-9(13)10(15)14-11-8(6-7-18-11)12(16)17-4-2/h6-7,9H,3-5,13H2,1-2H3,(H,14,15). The lowest BCUT2D eigenvalue weighted by Crippen LogP contribution is -2.35. The van der Waals surface area contributed by atoms with Crippen molar-refractivity contribution in [2.45, 2.75) is 32.7 Å². The second-order valence-electron chi connectivity index (χ2n) is 3.77. The molecule has 0 aromatic carbocycles. The zero-order valence-electron chi connectivity index (χ0n) is 10.6. The van der Waals surface area contributed by atoms with Crippen LogP contribution in [0.15, 0.2) is 11.4 Å². The number of ether oxygens (including phenoxy) is 1. The minimum Gasteiger partial charge on any atom is -0.462 e. The SMILES string of the molecule is CCCC(N)C(=O)Nc1sccc1C(=O)OCC. The van der Waals surface area contributed by atoms with Gasteiger partial charge in [-0.15, -0.1) is 11.3 Å². The van der Waals surface area contributed by atoms with Gasteiger partial charge in [0, 0.05) is 0 Å². The lowest BCUT2D eigenvalue weighted by molar-refractivity contribution is -0.117. The van der Waals surface area contributed by atoms with E-state index in [1.807, 2.05) is 6.92 Å². The summed E-state index contributed by atoms with van der Waals surface area (Å²) in [4.78, 5) is 23.4. The number of hydrogen-bond donors (Lipinski definition) is 2. The van der Waals surface area contributed by atoms with Crippen LogP contribution in [0, 0.1) is 0 Å². The zero-order valence-corrected chi connectivity index (χ0v) is 11.4. The maximum absolute atomic E-state index is 11.8. The third-order valence-corrected chi connectivity index (χ3v) is 3.16. The van der Waals surface area contributed by atoms with Crippen LogP contribution < -0.4 is 11.1 Å². The fourth-order valence-electron chi connectivity index (χ4n) is 1.42. The van der Waals surface area contributed by atoms with Crippen LogP contribution in [0.3, 0.4) is 0 Å². The molecule has 0 aliphatic carbocycles. The summed E-state index contributed by atoms with van der Waals surface area (Å²) in [5, 5.41) is 4.89. The number of hydrogen-bond acceptors (Lipinski definition) is 5. The number of rotatable bonds is 6. The van der Waals surface area contributed by atoms with Gasteiger partial charge in [0.2, 0.25) is 5.91 Å². The molecule has 0 spiro atoms. The van der Waals surface area contributed by atoms with Crippen molar-refractivity contribution in [1.29, 1.82) is 0 Å². The van der Waals surface area contributed by atoms with Gasteiger partial charge in [-0.1, -0.05) is 13.3 Å². The molecule has 1 amide bonds. The summed E-state index contributed by atoms with van der Waals surface area (Å²) in [6.07, 6.45) is 1.45. The van der Waals surface area contributed by atoms with Gasteiger partial charge in [-0.25, -0.2) is 4.79 Å². The Morgan fingerprint density at radius 1 is 1.50 bits per heavy atom. The Hall–Kier alpha value is -1.40. The lowest BCUT2D eigenvalue weighted by Gasteiger charge is -2.11. The third-order valence-electron chi connectivity index (χ3n) is 2.33. The van der Waals surface area contributed by atoms with Gasteiger partial charge < -0.3 is 15.8 Å². The predicted octanol–water partition coefficient (Wildman–Crippen LogP) is 1.99. The van der Waals surface area contributed by atoms with E-state index in [9.17, 15) is 9.59 Å². The molecule has 5 nitrogen and oxygen atoms in total. The number of anilines is 1. The molecule has 1 aromatic rings. The van der Waals surface area contributed by atoms with Crippen molar-refractivity contribution in [3.63, 3.8) is 0 Å².